The van der Waals surface area contributed by atoms with Crippen molar-refractivity contribution in [2.24, 2.45) is 0 Å². The topological polar surface area (TPSA) is 34.9 Å². The third kappa shape index (κ3) is 2.37. The highest BCUT2D eigenvalue weighted by molar-refractivity contribution is 5.74. The number of aldehydes is 1. The molecule has 1 aromatic rings. The van der Waals surface area contributed by atoms with E-state index in [0.29, 0.717) is 25.1 Å². The molecule has 0 bridgehead atoms. The van der Waals surface area contributed by atoms with Crippen LogP contribution in [0.3, 0.4) is 0 Å². The second kappa shape index (κ2) is 5.85. The van der Waals surface area contributed by atoms with Gasteiger partial charge in [0.25, 0.3) is 0 Å². The fourth-order valence-corrected chi connectivity index (χ4v) is 1.63. The highest BCUT2D eigenvalue weighted by Gasteiger charge is 2.13. The van der Waals surface area contributed by atoms with Gasteiger partial charge in [0.2, 0.25) is 0 Å². The molecule has 0 aliphatic heterocycles. The minimum Gasteiger partial charge on any atom is -0.327 e. The first kappa shape index (κ1) is 12.2. The summed E-state index contributed by atoms with van der Waals surface area (Å²) in [6.45, 7) is 11.7. The molecule has 16 heavy (non-hydrogen) atoms. The molecule has 1 heterocycles. The van der Waals surface area contributed by atoms with Gasteiger partial charge in [-0.1, -0.05) is 18.2 Å². The van der Waals surface area contributed by atoms with Crippen molar-refractivity contribution < 1.29 is 4.79 Å². The van der Waals surface area contributed by atoms with E-state index in [1.807, 2.05) is 4.57 Å². The van der Waals surface area contributed by atoms with Gasteiger partial charge in [-0.15, -0.1) is 19.7 Å². The van der Waals surface area contributed by atoms with Crippen molar-refractivity contribution in [2.45, 2.75) is 19.4 Å². The molecule has 0 saturated heterocycles. The van der Waals surface area contributed by atoms with Crippen LogP contribution in [0.2, 0.25) is 0 Å². The molecule has 0 atom stereocenters. The van der Waals surface area contributed by atoms with Crippen molar-refractivity contribution in [3.63, 3.8) is 0 Å². The van der Waals surface area contributed by atoms with Crippen LogP contribution in [0.25, 0.3) is 0 Å². The van der Waals surface area contributed by atoms with Gasteiger partial charge in [-0.05, 0) is 0 Å². The van der Waals surface area contributed by atoms with E-state index in [0.717, 1.165) is 17.8 Å². The number of carbonyl (C=O) groups is 1. The summed E-state index contributed by atoms with van der Waals surface area (Å²) in [5, 5.41) is 0. The molecule has 0 unspecified atom stereocenters. The maximum Gasteiger partial charge on any atom is 0.170 e. The Morgan fingerprint density at radius 3 is 2.31 bits per heavy atom. The van der Waals surface area contributed by atoms with Crippen molar-refractivity contribution in [3.05, 3.63) is 55.2 Å². The van der Waals surface area contributed by atoms with Crippen molar-refractivity contribution in [1.29, 1.82) is 0 Å². The van der Waals surface area contributed by atoms with Crippen LogP contribution < -0.4 is 0 Å². The number of aromatic nitrogens is 2. The van der Waals surface area contributed by atoms with Gasteiger partial charge >= 0.3 is 0 Å². The summed E-state index contributed by atoms with van der Waals surface area (Å²) in [5.74, 6) is 0.842. The van der Waals surface area contributed by atoms with E-state index < -0.39 is 0 Å². The van der Waals surface area contributed by atoms with Gasteiger partial charge in [0.05, 0.1) is 5.69 Å². The van der Waals surface area contributed by atoms with Crippen LogP contribution in [0.1, 0.15) is 22.0 Å². The third-order valence-corrected chi connectivity index (χ3v) is 2.27. The summed E-state index contributed by atoms with van der Waals surface area (Å²) in [4.78, 5) is 15.2. The monoisotopic (exact) mass is 216 g/mol. The van der Waals surface area contributed by atoms with Gasteiger partial charge in [-0.25, -0.2) is 4.98 Å². The first-order valence-electron chi connectivity index (χ1n) is 5.14. The van der Waals surface area contributed by atoms with Gasteiger partial charge < -0.3 is 4.57 Å². The van der Waals surface area contributed by atoms with Crippen LogP contribution in [0.4, 0.5) is 0 Å². The highest BCUT2D eigenvalue weighted by atomic mass is 16.1. The molecule has 84 valence electrons. The number of nitrogens with zero attached hydrogens (tertiary/aromatic N) is 2. The average Bonchev–Trinajstić information content (AvgIpc) is 2.60. The Hall–Kier alpha value is -1.90. The predicted molar refractivity (Wildman–Crippen MR) is 65.6 cm³/mol. The number of hydrogen-bond acceptors (Lipinski definition) is 2. The molecular formula is C13H16N2O. The molecule has 0 aliphatic rings. The minimum atomic E-state index is 0.485. The van der Waals surface area contributed by atoms with E-state index in [4.69, 9.17) is 0 Å². The Bertz CT molecular complexity index is 416. The van der Waals surface area contributed by atoms with Crippen molar-refractivity contribution in [3.8, 4) is 0 Å². The Morgan fingerprint density at radius 2 is 1.81 bits per heavy atom. The summed E-state index contributed by atoms with van der Waals surface area (Å²) < 4.78 is 1.99. The lowest BCUT2D eigenvalue weighted by atomic mass is 10.2. The average molecular weight is 216 g/mol. The Kier molecular flexibility index (Phi) is 4.45. The zero-order chi connectivity index (χ0) is 12.0. The molecule has 3 nitrogen and oxygen atoms in total. The van der Waals surface area contributed by atoms with Gasteiger partial charge in [0, 0.05) is 19.4 Å². The predicted octanol–water partition coefficient (Wildman–Crippen LogP) is 2.34. The Balaban J connectivity index is 3.27. The first-order valence-corrected chi connectivity index (χ1v) is 5.14. The number of carbonyl (C=O) groups excluding carboxylic acids is 1. The Morgan fingerprint density at radius 1 is 1.12 bits per heavy atom. The Labute approximate surface area is 95.8 Å². The first-order chi connectivity index (χ1) is 7.78. The standard InChI is InChI=1S/C13H16N2O/c1-4-7-12-11(10-16)14-13(8-5-2)15(12)9-6-3/h4-6,10H,1-3,7-9H2. The third-order valence-electron chi connectivity index (χ3n) is 2.27. The van der Waals surface area contributed by atoms with Crippen molar-refractivity contribution in [2.75, 3.05) is 0 Å². The van der Waals surface area contributed by atoms with Crippen LogP contribution in [0.15, 0.2) is 38.0 Å². The fourth-order valence-electron chi connectivity index (χ4n) is 1.63. The molecule has 0 amide bonds. The zero-order valence-corrected chi connectivity index (χ0v) is 9.35. The maximum atomic E-state index is 10.9. The summed E-state index contributed by atoms with van der Waals surface area (Å²) in [5.41, 5.74) is 1.38. The van der Waals surface area contributed by atoms with Gasteiger partial charge in [0.15, 0.2) is 6.29 Å². The molecule has 1 rings (SSSR count). The molecule has 0 spiro atoms. The van der Waals surface area contributed by atoms with Crippen molar-refractivity contribution >= 4 is 6.29 Å². The minimum absolute atomic E-state index is 0.485. The zero-order valence-electron chi connectivity index (χ0n) is 9.35. The summed E-state index contributed by atoms with van der Waals surface area (Å²) in [6.07, 6.45) is 7.38. The maximum absolute atomic E-state index is 10.9. The van der Waals surface area contributed by atoms with E-state index in [2.05, 4.69) is 24.7 Å². The second-order valence-electron chi connectivity index (χ2n) is 3.36. The molecule has 0 aliphatic carbocycles. The molecule has 3 heteroatoms. The van der Waals surface area contributed by atoms with Crippen LogP contribution >= 0.6 is 0 Å². The molecule has 0 radical (unpaired) electrons. The lowest BCUT2D eigenvalue weighted by Gasteiger charge is -2.07. The molecule has 0 N–H and O–H groups in total. The number of imidazole rings is 1. The smallest absolute Gasteiger partial charge is 0.170 e. The van der Waals surface area contributed by atoms with Crippen LogP contribution in [0, 0.1) is 0 Å². The van der Waals surface area contributed by atoms with Gasteiger partial charge in [-0.2, -0.15) is 0 Å². The molecule has 0 fully saturated rings. The van der Waals surface area contributed by atoms with E-state index in [9.17, 15) is 4.79 Å². The van der Waals surface area contributed by atoms with Crippen LogP contribution in [0.5, 0.6) is 0 Å². The van der Waals surface area contributed by atoms with Gasteiger partial charge in [0.1, 0.15) is 11.5 Å². The lowest BCUT2D eigenvalue weighted by Crippen LogP contribution is -2.05. The highest BCUT2D eigenvalue weighted by Crippen LogP contribution is 2.13. The van der Waals surface area contributed by atoms with Gasteiger partial charge in [-0.3, -0.25) is 4.79 Å². The number of hydrogen-bond donors (Lipinski definition) is 0. The van der Waals surface area contributed by atoms with Crippen molar-refractivity contribution in [1.82, 2.24) is 9.55 Å². The largest absolute Gasteiger partial charge is 0.327 e. The summed E-state index contributed by atoms with van der Waals surface area (Å²) in [6, 6.07) is 0. The fraction of sp³-hybridized carbons (Fsp3) is 0.231. The lowest BCUT2D eigenvalue weighted by molar-refractivity contribution is 0.111. The second-order valence-corrected chi connectivity index (χ2v) is 3.36. The number of rotatable bonds is 7. The van der Waals surface area contributed by atoms with E-state index >= 15 is 0 Å². The molecule has 1 aromatic heterocycles. The van der Waals surface area contributed by atoms with E-state index in [1.165, 1.54) is 0 Å². The molecule has 0 saturated carbocycles. The van der Waals surface area contributed by atoms with Crippen LogP contribution in [-0.2, 0) is 19.4 Å². The quantitative estimate of drug-likeness (QED) is 0.518. The number of allylic oxidation sites excluding steroid dienone is 3. The van der Waals surface area contributed by atoms with E-state index in [1.54, 1.807) is 18.2 Å². The van der Waals surface area contributed by atoms with E-state index in [-0.39, 0.29) is 0 Å². The van der Waals surface area contributed by atoms with Crippen LogP contribution in [-0.4, -0.2) is 15.8 Å². The molecular weight excluding hydrogens is 200 g/mol. The molecule has 0 aromatic carbocycles. The SMILES string of the molecule is C=CCc1nc(C=O)c(CC=C)n1CC=C. The normalized spacial score (nSPS) is 9.75. The summed E-state index contributed by atoms with van der Waals surface area (Å²) >= 11 is 0. The summed E-state index contributed by atoms with van der Waals surface area (Å²) in [7, 11) is 0.